The van der Waals surface area contributed by atoms with Gasteiger partial charge in [0, 0.05) is 23.7 Å². The number of nitrogens with one attached hydrogen (secondary N) is 2. The molecule has 0 unspecified atom stereocenters. The van der Waals surface area contributed by atoms with E-state index in [0.717, 1.165) is 23.4 Å². The minimum atomic E-state index is -0.508. The van der Waals surface area contributed by atoms with Crippen LogP contribution in [-0.2, 0) is 11.2 Å². The molecule has 27 heavy (non-hydrogen) atoms. The number of carbonyl (C=O) groups is 1. The number of hydrogen-bond donors (Lipinski definition) is 2. The average molecular weight is 365 g/mol. The van der Waals surface area contributed by atoms with Gasteiger partial charge in [0.2, 0.25) is 5.91 Å². The molecule has 0 spiro atoms. The maximum atomic E-state index is 12.5. The average Bonchev–Trinajstić information content (AvgIpc) is 3.01. The van der Waals surface area contributed by atoms with Gasteiger partial charge in [0.05, 0.1) is 23.9 Å². The predicted molar refractivity (Wildman–Crippen MR) is 104 cm³/mol. The van der Waals surface area contributed by atoms with Gasteiger partial charge in [-0.3, -0.25) is 4.79 Å². The Labute approximate surface area is 159 Å². The summed E-state index contributed by atoms with van der Waals surface area (Å²) >= 11 is 0. The standard InChI is InChI=1S/C21H23N3O3/c1-4-26-20-10-16-8-13(2)27-19(16)11-18(20)23-14(3)21(25)24-17-7-5-6-15(9-17)12-22/h5-7,9-11,13-14,23H,4,8H2,1-3H3,(H,24,25)/t13-,14+/m1/s1. The van der Waals surface area contributed by atoms with Crippen molar-refractivity contribution < 1.29 is 14.3 Å². The van der Waals surface area contributed by atoms with E-state index in [1.54, 1.807) is 31.2 Å². The summed E-state index contributed by atoms with van der Waals surface area (Å²) in [5.41, 5.74) is 2.92. The fourth-order valence-corrected chi connectivity index (χ4v) is 3.04. The van der Waals surface area contributed by atoms with Gasteiger partial charge in [-0.25, -0.2) is 0 Å². The van der Waals surface area contributed by atoms with Crippen molar-refractivity contribution in [1.82, 2.24) is 0 Å². The molecule has 0 saturated heterocycles. The van der Waals surface area contributed by atoms with Crippen LogP contribution in [-0.4, -0.2) is 24.7 Å². The van der Waals surface area contributed by atoms with Gasteiger partial charge in [0.1, 0.15) is 23.6 Å². The molecule has 2 aromatic carbocycles. The van der Waals surface area contributed by atoms with E-state index in [2.05, 4.69) is 16.7 Å². The van der Waals surface area contributed by atoms with Crippen molar-refractivity contribution in [3.63, 3.8) is 0 Å². The minimum Gasteiger partial charge on any atom is -0.492 e. The Morgan fingerprint density at radius 1 is 1.41 bits per heavy atom. The molecule has 1 amide bonds. The molecular weight excluding hydrogens is 342 g/mol. The van der Waals surface area contributed by atoms with Crippen LogP contribution in [0.15, 0.2) is 36.4 Å². The normalized spacial score (nSPS) is 15.9. The summed E-state index contributed by atoms with van der Waals surface area (Å²) < 4.78 is 11.6. The van der Waals surface area contributed by atoms with Crippen molar-refractivity contribution in [3.05, 3.63) is 47.5 Å². The number of hydrogen-bond acceptors (Lipinski definition) is 5. The van der Waals surface area contributed by atoms with Gasteiger partial charge in [-0.05, 0) is 45.0 Å². The summed E-state index contributed by atoms with van der Waals surface area (Å²) in [6, 6.07) is 12.2. The molecule has 0 radical (unpaired) electrons. The highest BCUT2D eigenvalue weighted by Gasteiger charge is 2.23. The van der Waals surface area contributed by atoms with E-state index in [9.17, 15) is 4.79 Å². The monoisotopic (exact) mass is 365 g/mol. The van der Waals surface area contributed by atoms with Crippen molar-refractivity contribution in [2.75, 3.05) is 17.2 Å². The Morgan fingerprint density at radius 2 is 2.22 bits per heavy atom. The van der Waals surface area contributed by atoms with E-state index in [1.165, 1.54) is 0 Å². The topological polar surface area (TPSA) is 83.4 Å². The Kier molecular flexibility index (Phi) is 5.51. The van der Waals surface area contributed by atoms with E-state index >= 15 is 0 Å². The van der Waals surface area contributed by atoms with Crippen molar-refractivity contribution >= 4 is 17.3 Å². The highest BCUT2D eigenvalue weighted by atomic mass is 16.5. The number of ether oxygens (including phenoxy) is 2. The molecule has 0 aromatic heterocycles. The smallest absolute Gasteiger partial charge is 0.246 e. The lowest BCUT2D eigenvalue weighted by atomic mass is 10.1. The first-order valence-corrected chi connectivity index (χ1v) is 9.04. The van der Waals surface area contributed by atoms with Gasteiger partial charge in [0.25, 0.3) is 0 Å². The third-order valence-corrected chi connectivity index (χ3v) is 4.32. The summed E-state index contributed by atoms with van der Waals surface area (Å²) in [5, 5.41) is 15.0. The molecule has 2 atom stereocenters. The second-order valence-corrected chi connectivity index (χ2v) is 6.57. The Morgan fingerprint density at radius 3 is 2.96 bits per heavy atom. The van der Waals surface area contributed by atoms with Crippen LogP contribution >= 0.6 is 0 Å². The zero-order valence-electron chi connectivity index (χ0n) is 15.7. The van der Waals surface area contributed by atoms with Crippen molar-refractivity contribution in [2.24, 2.45) is 0 Å². The Bertz CT molecular complexity index is 889. The molecular formula is C21H23N3O3. The van der Waals surface area contributed by atoms with Crippen LogP contribution in [0.4, 0.5) is 11.4 Å². The molecule has 3 rings (SSSR count). The Balaban J connectivity index is 1.74. The van der Waals surface area contributed by atoms with Crippen LogP contribution in [0, 0.1) is 11.3 Å². The third kappa shape index (κ3) is 4.32. The predicted octanol–water partition coefficient (Wildman–Crippen LogP) is 3.72. The second-order valence-electron chi connectivity index (χ2n) is 6.57. The molecule has 2 N–H and O–H groups in total. The zero-order valence-corrected chi connectivity index (χ0v) is 15.7. The van der Waals surface area contributed by atoms with E-state index in [4.69, 9.17) is 14.7 Å². The molecule has 1 heterocycles. The highest BCUT2D eigenvalue weighted by Crippen LogP contribution is 2.38. The minimum absolute atomic E-state index is 0.137. The quantitative estimate of drug-likeness (QED) is 0.815. The first-order valence-electron chi connectivity index (χ1n) is 9.04. The van der Waals surface area contributed by atoms with E-state index in [-0.39, 0.29) is 12.0 Å². The highest BCUT2D eigenvalue weighted by molar-refractivity contribution is 5.96. The number of nitrogens with zero attached hydrogens (tertiary/aromatic N) is 1. The van der Waals surface area contributed by atoms with Gasteiger partial charge in [0.15, 0.2) is 0 Å². The number of nitriles is 1. The number of amides is 1. The van der Waals surface area contributed by atoms with Crippen molar-refractivity contribution in [2.45, 2.75) is 39.3 Å². The summed E-state index contributed by atoms with van der Waals surface area (Å²) in [4.78, 5) is 12.5. The maximum Gasteiger partial charge on any atom is 0.246 e. The van der Waals surface area contributed by atoms with Gasteiger partial charge < -0.3 is 20.1 Å². The lowest BCUT2D eigenvalue weighted by Gasteiger charge is -2.19. The summed E-state index contributed by atoms with van der Waals surface area (Å²) in [7, 11) is 0. The molecule has 1 aliphatic heterocycles. The molecule has 1 aliphatic rings. The van der Waals surface area contributed by atoms with E-state index in [1.807, 2.05) is 26.0 Å². The SMILES string of the molecule is CCOc1cc2c(cc1N[C@@H](C)C(=O)Nc1cccc(C#N)c1)O[C@H](C)C2. The molecule has 2 aromatic rings. The number of benzene rings is 2. The summed E-state index contributed by atoms with van der Waals surface area (Å²) in [6.07, 6.45) is 0.985. The molecule has 0 aliphatic carbocycles. The number of carbonyl (C=O) groups excluding carboxylic acids is 1. The summed E-state index contributed by atoms with van der Waals surface area (Å²) in [6.45, 7) is 6.26. The van der Waals surface area contributed by atoms with Gasteiger partial charge in [-0.15, -0.1) is 0 Å². The molecule has 0 bridgehead atoms. The number of rotatable bonds is 6. The molecule has 6 heteroatoms. The largest absolute Gasteiger partial charge is 0.492 e. The van der Waals surface area contributed by atoms with Crippen LogP contribution in [0.25, 0.3) is 0 Å². The van der Waals surface area contributed by atoms with Gasteiger partial charge in [-0.2, -0.15) is 5.26 Å². The van der Waals surface area contributed by atoms with E-state index < -0.39 is 6.04 Å². The van der Waals surface area contributed by atoms with Crippen LogP contribution < -0.4 is 20.1 Å². The van der Waals surface area contributed by atoms with Crippen LogP contribution in [0.5, 0.6) is 11.5 Å². The summed E-state index contributed by atoms with van der Waals surface area (Å²) in [5.74, 6) is 1.32. The van der Waals surface area contributed by atoms with Crippen LogP contribution in [0.2, 0.25) is 0 Å². The first-order chi connectivity index (χ1) is 13.0. The van der Waals surface area contributed by atoms with Gasteiger partial charge in [-0.1, -0.05) is 6.07 Å². The number of fused-ring (bicyclic) bond motifs is 1. The van der Waals surface area contributed by atoms with Gasteiger partial charge >= 0.3 is 0 Å². The molecule has 0 fully saturated rings. The molecule has 6 nitrogen and oxygen atoms in total. The van der Waals surface area contributed by atoms with Crippen molar-refractivity contribution in [3.8, 4) is 17.6 Å². The van der Waals surface area contributed by atoms with E-state index in [0.29, 0.717) is 23.6 Å². The first kappa shape index (κ1) is 18.6. The molecule has 140 valence electrons. The lowest BCUT2D eigenvalue weighted by Crippen LogP contribution is -2.32. The third-order valence-electron chi connectivity index (χ3n) is 4.32. The number of anilines is 2. The fraction of sp³-hybridized carbons (Fsp3) is 0.333. The maximum absolute atomic E-state index is 12.5. The zero-order chi connectivity index (χ0) is 19.4. The fourth-order valence-electron chi connectivity index (χ4n) is 3.04. The van der Waals surface area contributed by atoms with Crippen molar-refractivity contribution in [1.29, 1.82) is 5.26 Å². The van der Waals surface area contributed by atoms with Crippen LogP contribution in [0.1, 0.15) is 31.9 Å². The molecule has 0 saturated carbocycles. The lowest BCUT2D eigenvalue weighted by molar-refractivity contribution is -0.116. The Hall–Kier alpha value is -3.20. The second kappa shape index (κ2) is 8.00. The van der Waals surface area contributed by atoms with Crippen LogP contribution in [0.3, 0.4) is 0 Å².